The molecule has 6 nitrogen and oxygen atoms in total. The number of nitrogens with zero attached hydrogens (tertiary/aromatic N) is 2. The van der Waals surface area contributed by atoms with Crippen LogP contribution in [0.5, 0.6) is 11.5 Å². The van der Waals surface area contributed by atoms with Crippen molar-refractivity contribution in [2.45, 2.75) is 12.8 Å². The van der Waals surface area contributed by atoms with Gasteiger partial charge in [0.15, 0.2) is 17.3 Å². The lowest BCUT2D eigenvalue weighted by atomic mass is 10.1. The highest BCUT2D eigenvalue weighted by Crippen LogP contribution is 2.43. The molecule has 3 heterocycles. The number of ether oxygens (including phenoxy) is 2. The van der Waals surface area contributed by atoms with Crippen LogP contribution in [-0.4, -0.2) is 21.6 Å². The molecule has 0 fully saturated rings. The first-order chi connectivity index (χ1) is 12.3. The lowest BCUT2D eigenvalue weighted by Gasteiger charge is -2.13. The van der Waals surface area contributed by atoms with E-state index in [1.807, 2.05) is 34.8 Å². The molecule has 0 amide bonds. The number of fused-ring (bicyclic) bond motifs is 10. The van der Waals surface area contributed by atoms with Crippen molar-refractivity contribution in [2.75, 3.05) is 6.79 Å². The van der Waals surface area contributed by atoms with E-state index in [1.165, 1.54) is 0 Å². The Morgan fingerprint density at radius 3 is 2.68 bits per heavy atom. The van der Waals surface area contributed by atoms with Gasteiger partial charge < -0.3 is 9.47 Å². The minimum Gasteiger partial charge on any atom is -0.454 e. The van der Waals surface area contributed by atoms with Gasteiger partial charge in [0.25, 0.3) is 5.56 Å². The highest BCUT2D eigenvalue weighted by atomic mass is 16.7. The smallest absolute Gasteiger partial charge is 0.279 e. The highest BCUT2D eigenvalue weighted by molar-refractivity contribution is 6.13. The van der Waals surface area contributed by atoms with E-state index < -0.39 is 0 Å². The van der Waals surface area contributed by atoms with Gasteiger partial charge >= 0.3 is 0 Å². The predicted octanol–water partition coefficient (Wildman–Crippen LogP) is 2.56. The maximum atomic E-state index is 13.1. The Morgan fingerprint density at radius 1 is 0.880 bits per heavy atom. The summed E-state index contributed by atoms with van der Waals surface area (Å²) in [6.07, 6.45) is 1.05. The Morgan fingerprint density at radius 2 is 1.76 bits per heavy atom. The summed E-state index contributed by atoms with van der Waals surface area (Å²) in [5.41, 5.74) is 2.90. The average molecular weight is 332 g/mol. The van der Waals surface area contributed by atoms with E-state index in [9.17, 15) is 9.59 Å². The zero-order chi connectivity index (χ0) is 16.7. The molecule has 0 saturated heterocycles. The largest absolute Gasteiger partial charge is 0.454 e. The summed E-state index contributed by atoms with van der Waals surface area (Å²) in [6.45, 7) is 0.125. The van der Waals surface area contributed by atoms with Crippen LogP contribution in [0.3, 0.4) is 0 Å². The molecule has 2 aromatic carbocycles. The Kier molecular flexibility index (Phi) is 2.20. The van der Waals surface area contributed by atoms with Crippen molar-refractivity contribution in [3.8, 4) is 11.5 Å². The van der Waals surface area contributed by atoms with Crippen LogP contribution >= 0.6 is 0 Å². The molecule has 0 spiro atoms. The summed E-state index contributed by atoms with van der Waals surface area (Å²) in [7, 11) is 0. The third-order valence-corrected chi connectivity index (χ3v) is 5.16. The number of hydrogen-bond acceptors (Lipinski definition) is 4. The number of rotatable bonds is 0. The maximum absolute atomic E-state index is 13.1. The Balaban J connectivity index is 2.01. The van der Waals surface area contributed by atoms with Gasteiger partial charge in [-0.15, -0.1) is 0 Å². The number of aryl methyl sites for hydroxylation is 1. The molecular weight excluding hydrogens is 320 g/mol. The van der Waals surface area contributed by atoms with E-state index in [1.54, 1.807) is 10.6 Å². The molecule has 0 unspecified atom stereocenters. The van der Waals surface area contributed by atoms with E-state index >= 15 is 0 Å². The van der Waals surface area contributed by atoms with Gasteiger partial charge in [-0.3, -0.25) is 9.59 Å². The highest BCUT2D eigenvalue weighted by Gasteiger charge is 2.32. The van der Waals surface area contributed by atoms with Crippen LogP contribution in [0, 0.1) is 0 Å². The molecule has 25 heavy (non-hydrogen) atoms. The minimum absolute atomic E-state index is 0.0802. The molecule has 0 bridgehead atoms. The van der Waals surface area contributed by atoms with E-state index in [0.29, 0.717) is 46.2 Å². The van der Waals surface area contributed by atoms with Crippen molar-refractivity contribution in [1.29, 1.82) is 0 Å². The number of carbonyl (C=O) groups excluding carboxylic acids is 1. The van der Waals surface area contributed by atoms with Gasteiger partial charge in [0.2, 0.25) is 6.79 Å². The summed E-state index contributed by atoms with van der Waals surface area (Å²) in [6, 6.07) is 11.1. The number of para-hydroxylation sites is 1. The maximum Gasteiger partial charge on any atom is 0.279 e. The van der Waals surface area contributed by atoms with E-state index in [4.69, 9.17) is 9.47 Å². The number of hydrogen-bond donors (Lipinski definition) is 0. The summed E-state index contributed by atoms with van der Waals surface area (Å²) >= 11 is 0. The fourth-order valence-corrected chi connectivity index (χ4v) is 4.15. The van der Waals surface area contributed by atoms with Crippen molar-refractivity contribution < 1.29 is 14.3 Å². The van der Waals surface area contributed by atoms with Crippen molar-refractivity contribution in [3.05, 3.63) is 58.0 Å². The molecule has 0 saturated carbocycles. The summed E-state index contributed by atoms with van der Waals surface area (Å²) in [5.74, 6) is 1.25. The second-order valence-corrected chi connectivity index (χ2v) is 6.38. The first-order valence-corrected chi connectivity index (χ1v) is 8.18. The Bertz CT molecular complexity index is 1310. The molecule has 2 aromatic heterocycles. The molecule has 0 radical (unpaired) electrons. The molecule has 4 aromatic rings. The second kappa shape index (κ2) is 4.22. The molecule has 6 rings (SSSR count). The molecular formula is C19H12N2O4. The predicted molar refractivity (Wildman–Crippen MR) is 90.9 cm³/mol. The molecule has 0 N–H and O–H groups in total. The number of ketones is 1. The van der Waals surface area contributed by atoms with Crippen LogP contribution < -0.4 is 15.0 Å². The first-order valence-electron chi connectivity index (χ1n) is 8.18. The number of aromatic nitrogens is 2. The van der Waals surface area contributed by atoms with Gasteiger partial charge in [-0.2, -0.15) is 0 Å². The first kappa shape index (κ1) is 13.1. The molecule has 6 heteroatoms. The van der Waals surface area contributed by atoms with Crippen LogP contribution in [0.15, 0.2) is 41.2 Å². The zero-order valence-electron chi connectivity index (χ0n) is 13.1. The SMILES string of the molecule is O=C1CCc2c1c1c3c(ccc1n1c(=O)c4ccccc4n21)OCO3. The topological polar surface area (TPSA) is 61.4 Å². The molecule has 1 aliphatic carbocycles. The van der Waals surface area contributed by atoms with Crippen LogP contribution in [0.1, 0.15) is 22.5 Å². The van der Waals surface area contributed by atoms with Crippen LogP contribution in [0.4, 0.5) is 0 Å². The lowest BCUT2D eigenvalue weighted by molar-refractivity contribution is 0.0995. The second-order valence-electron chi connectivity index (χ2n) is 6.38. The Hall–Kier alpha value is -3.28. The molecule has 1 aliphatic heterocycles. The van der Waals surface area contributed by atoms with Crippen LogP contribution in [-0.2, 0) is 6.42 Å². The van der Waals surface area contributed by atoms with Crippen molar-refractivity contribution in [1.82, 2.24) is 9.03 Å². The monoisotopic (exact) mass is 332 g/mol. The zero-order valence-corrected chi connectivity index (χ0v) is 13.1. The fourth-order valence-electron chi connectivity index (χ4n) is 4.15. The number of carbonyl (C=O) groups is 1. The molecule has 0 atom stereocenters. The van der Waals surface area contributed by atoms with E-state index in [0.717, 1.165) is 11.2 Å². The minimum atomic E-state index is -0.0957. The fraction of sp³-hybridized carbons (Fsp3) is 0.158. The lowest BCUT2D eigenvalue weighted by Crippen LogP contribution is -2.16. The van der Waals surface area contributed by atoms with Crippen molar-refractivity contribution in [3.63, 3.8) is 0 Å². The van der Waals surface area contributed by atoms with Gasteiger partial charge in [-0.1, -0.05) is 12.1 Å². The normalized spacial score (nSPS) is 15.6. The standard InChI is InChI=1S/C19H12N2O4/c22-14-7-5-12-16(14)17-13(6-8-15-18(17)25-9-24-15)21-19(23)10-3-1-2-4-11(10)20(12)21/h1-4,6,8H,5,7,9H2. The summed E-state index contributed by atoms with van der Waals surface area (Å²) in [5, 5.41) is 1.32. The number of Topliss-reactive ketones (excluding diaryl/α,β-unsaturated/α-hetero) is 1. The van der Waals surface area contributed by atoms with E-state index in [-0.39, 0.29) is 18.1 Å². The van der Waals surface area contributed by atoms with Gasteiger partial charge in [-0.05, 0) is 30.7 Å². The van der Waals surface area contributed by atoms with Crippen molar-refractivity contribution >= 4 is 27.6 Å². The van der Waals surface area contributed by atoms with Gasteiger partial charge in [-0.25, -0.2) is 9.03 Å². The summed E-state index contributed by atoms with van der Waals surface area (Å²) < 4.78 is 14.7. The quantitative estimate of drug-likeness (QED) is 0.496. The number of benzene rings is 2. The summed E-state index contributed by atoms with van der Waals surface area (Å²) in [4.78, 5) is 25.7. The van der Waals surface area contributed by atoms with Gasteiger partial charge in [0.1, 0.15) is 0 Å². The van der Waals surface area contributed by atoms with Gasteiger partial charge in [0, 0.05) is 6.42 Å². The molecule has 122 valence electrons. The van der Waals surface area contributed by atoms with Crippen molar-refractivity contribution in [2.24, 2.45) is 0 Å². The van der Waals surface area contributed by atoms with Crippen LogP contribution in [0.25, 0.3) is 21.8 Å². The average Bonchev–Trinajstić information content (AvgIpc) is 3.32. The van der Waals surface area contributed by atoms with Gasteiger partial charge in [0.05, 0.1) is 33.1 Å². The molecule has 2 aliphatic rings. The van der Waals surface area contributed by atoms with Crippen LogP contribution in [0.2, 0.25) is 0 Å². The Labute approximate surface area is 140 Å². The third kappa shape index (κ3) is 1.41. The third-order valence-electron chi connectivity index (χ3n) is 5.16. The van der Waals surface area contributed by atoms with E-state index in [2.05, 4.69) is 0 Å².